The highest BCUT2D eigenvalue weighted by Crippen LogP contribution is 2.37. The lowest BCUT2D eigenvalue weighted by atomic mass is 9.95. The van der Waals surface area contributed by atoms with E-state index in [1.54, 1.807) is 32.9 Å². The molecule has 2 rings (SSSR count). The molecule has 0 spiro atoms. The van der Waals surface area contributed by atoms with Crippen molar-refractivity contribution in [3.05, 3.63) is 32.5 Å². The number of halogens is 1. The van der Waals surface area contributed by atoms with Crippen LogP contribution in [0.1, 0.15) is 32.4 Å². The van der Waals surface area contributed by atoms with Crippen LogP contribution in [0.2, 0.25) is 0 Å². The molecule has 1 atom stereocenters. The van der Waals surface area contributed by atoms with Crippen LogP contribution < -0.4 is 15.4 Å². The molecule has 1 aromatic carbocycles. The Bertz CT molecular complexity index is 702. The molecule has 0 bridgehead atoms. The standard InChI is InChI=1S/C16H19IN2O5/c1-4-23-11-7-9(6-10(17)14(11)20)13-12(15(21)24-5-2)8(3)18-16(22)19-13/h6-7,13,20H,4-5H2,1-3H3,(H2,18,19,22)/t13-/m0/s1. The molecular formula is C16H19IN2O5. The molecule has 0 saturated heterocycles. The first kappa shape index (κ1) is 18.4. The second-order valence-corrected chi connectivity index (χ2v) is 6.24. The average Bonchev–Trinajstić information content (AvgIpc) is 2.51. The van der Waals surface area contributed by atoms with Crippen LogP contribution in [0.4, 0.5) is 4.79 Å². The van der Waals surface area contributed by atoms with Gasteiger partial charge in [0.2, 0.25) is 0 Å². The largest absolute Gasteiger partial charge is 0.504 e. The van der Waals surface area contributed by atoms with Gasteiger partial charge >= 0.3 is 12.0 Å². The minimum absolute atomic E-state index is 0.0276. The smallest absolute Gasteiger partial charge is 0.338 e. The summed E-state index contributed by atoms with van der Waals surface area (Å²) in [5.74, 6) is -0.179. The van der Waals surface area contributed by atoms with Crippen LogP contribution in [0.25, 0.3) is 0 Å². The van der Waals surface area contributed by atoms with Crippen molar-refractivity contribution in [3.8, 4) is 11.5 Å². The Morgan fingerprint density at radius 2 is 2.04 bits per heavy atom. The zero-order valence-electron chi connectivity index (χ0n) is 13.6. The van der Waals surface area contributed by atoms with Gasteiger partial charge in [-0.1, -0.05) is 0 Å². The lowest BCUT2D eigenvalue weighted by Crippen LogP contribution is -2.45. The van der Waals surface area contributed by atoms with Gasteiger partial charge in [0.1, 0.15) is 0 Å². The number of rotatable bonds is 5. The molecule has 7 nitrogen and oxygen atoms in total. The summed E-state index contributed by atoms with van der Waals surface area (Å²) in [5, 5.41) is 15.4. The number of nitrogens with one attached hydrogen (secondary N) is 2. The van der Waals surface area contributed by atoms with Crippen LogP contribution in [0.5, 0.6) is 11.5 Å². The van der Waals surface area contributed by atoms with Gasteiger partial charge in [0, 0.05) is 5.70 Å². The van der Waals surface area contributed by atoms with Crippen LogP contribution in [0.15, 0.2) is 23.4 Å². The number of carbonyl (C=O) groups excluding carboxylic acids is 2. The Labute approximate surface area is 153 Å². The predicted octanol–water partition coefficient (Wildman–Crippen LogP) is 2.59. The van der Waals surface area contributed by atoms with Crippen molar-refractivity contribution in [3.63, 3.8) is 0 Å². The van der Waals surface area contributed by atoms with E-state index in [9.17, 15) is 14.7 Å². The third-order valence-electron chi connectivity index (χ3n) is 3.45. The Morgan fingerprint density at radius 3 is 2.67 bits per heavy atom. The van der Waals surface area contributed by atoms with Gasteiger partial charge in [0.15, 0.2) is 11.5 Å². The zero-order chi connectivity index (χ0) is 17.9. The third kappa shape index (κ3) is 3.74. The summed E-state index contributed by atoms with van der Waals surface area (Å²) in [6.45, 7) is 5.78. The van der Waals surface area contributed by atoms with Crippen molar-refractivity contribution < 1.29 is 24.2 Å². The van der Waals surface area contributed by atoms with Crippen LogP contribution in [0, 0.1) is 3.57 Å². The first-order valence-electron chi connectivity index (χ1n) is 7.49. The summed E-state index contributed by atoms with van der Waals surface area (Å²) in [5.41, 5.74) is 1.38. The van der Waals surface area contributed by atoms with E-state index >= 15 is 0 Å². The second-order valence-electron chi connectivity index (χ2n) is 5.07. The first-order valence-corrected chi connectivity index (χ1v) is 8.57. The molecule has 0 fully saturated rings. The summed E-state index contributed by atoms with van der Waals surface area (Å²) in [7, 11) is 0. The van der Waals surface area contributed by atoms with E-state index in [1.165, 1.54) is 0 Å². The van der Waals surface area contributed by atoms with Crippen LogP contribution in [0.3, 0.4) is 0 Å². The van der Waals surface area contributed by atoms with Crippen molar-refractivity contribution in [1.82, 2.24) is 10.6 Å². The molecule has 0 saturated carbocycles. The van der Waals surface area contributed by atoms with Crippen LogP contribution in [-0.4, -0.2) is 30.3 Å². The van der Waals surface area contributed by atoms with Crippen LogP contribution in [-0.2, 0) is 9.53 Å². The molecule has 1 aliphatic rings. The number of hydrogen-bond acceptors (Lipinski definition) is 5. The Kier molecular flexibility index (Phi) is 5.92. The van der Waals surface area contributed by atoms with Gasteiger partial charge in [-0.15, -0.1) is 0 Å². The Balaban J connectivity index is 2.53. The fraction of sp³-hybridized carbons (Fsp3) is 0.375. The topological polar surface area (TPSA) is 96.9 Å². The van der Waals surface area contributed by atoms with Crippen LogP contribution >= 0.6 is 22.6 Å². The molecule has 0 unspecified atom stereocenters. The molecule has 2 amide bonds. The number of amides is 2. The lowest BCUT2D eigenvalue weighted by Gasteiger charge is -2.28. The highest BCUT2D eigenvalue weighted by atomic mass is 127. The van der Waals surface area contributed by atoms with Crippen molar-refractivity contribution in [2.24, 2.45) is 0 Å². The Hall–Kier alpha value is -1.97. The van der Waals surface area contributed by atoms with Crippen molar-refractivity contribution in [2.45, 2.75) is 26.8 Å². The van der Waals surface area contributed by atoms with E-state index in [0.717, 1.165) is 0 Å². The number of ether oxygens (including phenoxy) is 2. The average molecular weight is 446 g/mol. The van der Waals surface area contributed by atoms with E-state index in [1.807, 2.05) is 22.6 Å². The van der Waals surface area contributed by atoms with Crippen molar-refractivity contribution in [2.75, 3.05) is 13.2 Å². The van der Waals surface area contributed by atoms with E-state index in [4.69, 9.17) is 9.47 Å². The molecule has 3 N–H and O–H groups in total. The highest BCUT2D eigenvalue weighted by molar-refractivity contribution is 14.1. The molecule has 1 aliphatic heterocycles. The number of carbonyl (C=O) groups is 2. The zero-order valence-corrected chi connectivity index (χ0v) is 15.8. The van der Waals surface area contributed by atoms with Gasteiger partial charge < -0.3 is 25.2 Å². The minimum atomic E-state index is -0.689. The number of aromatic hydroxyl groups is 1. The quantitative estimate of drug-likeness (QED) is 0.478. The number of allylic oxidation sites excluding steroid dienone is 1. The highest BCUT2D eigenvalue weighted by Gasteiger charge is 2.33. The summed E-state index contributed by atoms with van der Waals surface area (Å²) in [4.78, 5) is 24.2. The minimum Gasteiger partial charge on any atom is -0.504 e. The van der Waals surface area contributed by atoms with E-state index < -0.39 is 18.0 Å². The number of esters is 1. The molecule has 8 heteroatoms. The van der Waals surface area contributed by atoms with Gasteiger partial charge in [-0.05, 0) is 61.1 Å². The van der Waals surface area contributed by atoms with E-state index in [-0.39, 0.29) is 12.4 Å². The molecule has 24 heavy (non-hydrogen) atoms. The SMILES string of the molecule is CCOC(=O)C1=C(C)NC(=O)N[C@H]1c1cc(I)c(O)c(OCC)c1. The maximum atomic E-state index is 12.3. The maximum Gasteiger partial charge on any atom is 0.338 e. The second kappa shape index (κ2) is 7.73. The van der Waals surface area contributed by atoms with Gasteiger partial charge in [-0.2, -0.15) is 0 Å². The molecule has 0 aromatic heterocycles. The normalized spacial score (nSPS) is 17.2. The predicted molar refractivity (Wildman–Crippen MR) is 95.7 cm³/mol. The van der Waals surface area contributed by atoms with E-state index in [0.29, 0.717) is 32.8 Å². The molecule has 0 aliphatic carbocycles. The van der Waals surface area contributed by atoms with Crippen molar-refractivity contribution >= 4 is 34.6 Å². The fourth-order valence-electron chi connectivity index (χ4n) is 2.45. The summed E-state index contributed by atoms with van der Waals surface area (Å²) in [6, 6.07) is 2.21. The number of benzene rings is 1. The summed E-state index contributed by atoms with van der Waals surface area (Å²) >= 11 is 1.97. The van der Waals surface area contributed by atoms with Gasteiger partial charge in [-0.3, -0.25) is 0 Å². The molecular weight excluding hydrogens is 427 g/mol. The summed E-state index contributed by atoms with van der Waals surface area (Å²) in [6.07, 6.45) is 0. The molecule has 1 heterocycles. The van der Waals surface area contributed by atoms with Gasteiger partial charge in [0.05, 0.1) is 28.4 Å². The number of phenols is 1. The van der Waals surface area contributed by atoms with Gasteiger partial charge in [-0.25, -0.2) is 9.59 Å². The number of urea groups is 1. The maximum absolute atomic E-state index is 12.3. The molecule has 1 aromatic rings. The monoisotopic (exact) mass is 446 g/mol. The third-order valence-corrected chi connectivity index (χ3v) is 4.27. The number of hydrogen-bond donors (Lipinski definition) is 3. The lowest BCUT2D eigenvalue weighted by molar-refractivity contribution is -0.139. The fourth-order valence-corrected chi connectivity index (χ4v) is 3.07. The molecule has 0 radical (unpaired) electrons. The Morgan fingerprint density at radius 1 is 1.33 bits per heavy atom. The summed E-state index contributed by atoms with van der Waals surface area (Å²) < 4.78 is 11.1. The first-order chi connectivity index (χ1) is 11.4. The van der Waals surface area contributed by atoms with Gasteiger partial charge in [0.25, 0.3) is 0 Å². The molecule has 130 valence electrons. The van der Waals surface area contributed by atoms with E-state index in [2.05, 4.69) is 10.6 Å². The van der Waals surface area contributed by atoms with Crippen molar-refractivity contribution in [1.29, 1.82) is 0 Å². The number of phenolic OH excluding ortho intramolecular Hbond substituents is 1.